The van der Waals surface area contributed by atoms with Crippen LogP contribution in [0.15, 0.2) is 30.3 Å². The van der Waals surface area contributed by atoms with Crippen molar-refractivity contribution in [2.24, 2.45) is 29.6 Å². The Balaban J connectivity index is 3.14. The third-order valence-electron chi connectivity index (χ3n) is 8.58. The second kappa shape index (κ2) is 22.7. The van der Waals surface area contributed by atoms with Gasteiger partial charge in [0, 0.05) is 12.5 Å². The van der Waals surface area contributed by atoms with Crippen LogP contribution in [-0.4, -0.2) is 82.7 Å². The van der Waals surface area contributed by atoms with Gasteiger partial charge in [-0.2, -0.15) is 11.8 Å². The summed E-state index contributed by atoms with van der Waals surface area (Å²) in [5.74, 6) is -2.27. The highest BCUT2D eigenvalue weighted by Crippen LogP contribution is 2.23. The largest absolute Gasteiger partial charge is 0.444 e. The molecule has 1 aromatic rings. The van der Waals surface area contributed by atoms with Gasteiger partial charge in [-0.15, -0.1) is 0 Å². The molecule has 0 spiro atoms. The summed E-state index contributed by atoms with van der Waals surface area (Å²) < 4.78 is 5.35. The number of ether oxygens (including phenoxy) is 1. The summed E-state index contributed by atoms with van der Waals surface area (Å²) >= 11 is 1.52. The summed E-state index contributed by atoms with van der Waals surface area (Å²) in [6.07, 6.45) is 0.867. The fourth-order valence-corrected chi connectivity index (χ4v) is 6.11. The minimum atomic E-state index is -1.09. The van der Waals surface area contributed by atoms with Gasteiger partial charge in [0.25, 0.3) is 0 Å². The normalized spacial score (nSPS) is 15.3. The summed E-state index contributed by atoms with van der Waals surface area (Å²) in [5.41, 5.74) is 0.191. The van der Waals surface area contributed by atoms with E-state index in [1.165, 1.54) is 11.8 Å². The van der Waals surface area contributed by atoms with E-state index in [1.807, 2.05) is 78.1 Å². The molecule has 0 saturated carbocycles. The molecule has 12 nitrogen and oxygen atoms in total. The van der Waals surface area contributed by atoms with Crippen molar-refractivity contribution < 1.29 is 33.8 Å². The molecule has 1 rings (SSSR count). The maximum absolute atomic E-state index is 13.8. The number of benzene rings is 1. The first-order valence-corrected chi connectivity index (χ1v) is 19.9. The van der Waals surface area contributed by atoms with Crippen molar-refractivity contribution in [1.82, 2.24) is 26.6 Å². The molecule has 13 heteroatoms. The van der Waals surface area contributed by atoms with Crippen molar-refractivity contribution in [3.8, 4) is 0 Å². The van der Waals surface area contributed by atoms with Crippen molar-refractivity contribution >= 4 is 41.5 Å². The van der Waals surface area contributed by atoms with Crippen LogP contribution < -0.4 is 26.6 Å². The van der Waals surface area contributed by atoms with Crippen molar-refractivity contribution in [2.75, 3.05) is 12.0 Å². The second-order valence-corrected chi connectivity index (χ2v) is 17.0. The number of amides is 5. The SMILES string of the molecule is CSCC[C@H](NC(=O)[C@@H](NC(=O)OC(C)(C)C)C(C)C)C(=O)N[C@@H](CC(C)C)[C@@H](O)C[C@H](C(=O)N[C@H](C(=O)NCc1ccccc1)C(C)C)C(C)C. The average molecular weight is 750 g/mol. The Morgan fingerprint density at radius 3 is 1.81 bits per heavy atom. The molecule has 0 heterocycles. The monoisotopic (exact) mass is 749 g/mol. The summed E-state index contributed by atoms with van der Waals surface area (Å²) in [6, 6.07) is 6.14. The molecule has 6 atom stereocenters. The molecule has 0 aliphatic heterocycles. The highest BCUT2D eigenvalue weighted by molar-refractivity contribution is 7.98. The zero-order valence-corrected chi connectivity index (χ0v) is 34.3. The first-order chi connectivity index (χ1) is 24.2. The van der Waals surface area contributed by atoms with Gasteiger partial charge in [0.15, 0.2) is 0 Å². The lowest BCUT2D eigenvalue weighted by atomic mass is 9.85. The zero-order valence-electron chi connectivity index (χ0n) is 33.5. The zero-order chi connectivity index (χ0) is 39.8. The Bertz CT molecular complexity index is 1270. The first-order valence-electron chi connectivity index (χ1n) is 18.6. The predicted molar refractivity (Wildman–Crippen MR) is 208 cm³/mol. The van der Waals surface area contributed by atoms with E-state index in [9.17, 15) is 29.1 Å². The van der Waals surface area contributed by atoms with E-state index in [-0.39, 0.29) is 41.9 Å². The molecular weight excluding hydrogens is 683 g/mol. The highest BCUT2D eigenvalue weighted by Gasteiger charge is 2.35. The minimum absolute atomic E-state index is 0.0503. The van der Waals surface area contributed by atoms with Gasteiger partial charge in [-0.1, -0.05) is 85.7 Å². The fraction of sp³-hybridized carbons (Fsp3) is 0.718. The second-order valence-electron chi connectivity index (χ2n) is 16.0. The van der Waals surface area contributed by atoms with Crippen LogP contribution in [0.1, 0.15) is 101 Å². The lowest BCUT2D eigenvalue weighted by Crippen LogP contribution is -2.58. The van der Waals surface area contributed by atoms with Crippen LogP contribution >= 0.6 is 11.8 Å². The number of carbonyl (C=O) groups excluding carboxylic acids is 5. The van der Waals surface area contributed by atoms with Crippen molar-refractivity contribution in [2.45, 2.75) is 138 Å². The summed E-state index contributed by atoms with van der Waals surface area (Å²) in [4.78, 5) is 66.7. The Morgan fingerprint density at radius 2 is 1.31 bits per heavy atom. The van der Waals surface area contributed by atoms with Crippen LogP contribution in [0.5, 0.6) is 0 Å². The topological polar surface area (TPSA) is 175 Å². The van der Waals surface area contributed by atoms with Crippen LogP contribution in [0.2, 0.25) is 0 Å². The van der Waals surface area contributed by atoms with E-state index in [2.05, 4.69) is 26.6 Å². The van der Waals surface area contributed by atoms with Gasteiger partial charge in [0.1, 0.15) is 23.7 Å². The third kappa shape index (κ3) is 17.5. The number of aliphatic hydroxyl groups is 1. The number of aliphatic hydroxyl groups excluding tert-OH is 1. The van der Waals surface area contributed by atoms with E-state index >= 15 is 0 Å². The Morgan fingerprint density at radius 1 is 0.731 bits per heavy atom. The lowest BCUT2D eigenvalue weighted by molar-refractivity contribution is -0.134. The standard InChI is InChI=1S/C39H67N5O7S/c1-23(2)20-30(42-35(47)29(18-19-52-12)41-37(49)33(26(7)8)44-38(50)51-39(9,10)11)31(45)21-28(24(3)4)34(46)43-32(25(5)6)36(48)40-22-27-16-14-13-15-17-27/h13-17,23-26,28-33,45H,18-22H2,1-12H3,(H,40,48)(H,41,49)(H,42,47)(H,43,46)(H,44,50)/t28-,29-,30-,31-,32-,33-/m0/s1. The number of nitrogens with one attached hydrogen (secondary N) is 5. The molecule has 0 aliphatic carbocycles. The van der Waals surface area contributed by atoms with E-state index in [4.69, 9.17) is 4.74 Å². The predicted octanol–water partition coefficient (Wildman–Crippen LogP) is 4.78. The van der Waals surface area contributed by atoms with Crippen molar-refractivity contribution in [3.63, 3.8) is 0 Å². The highest BCUT2D eigenvalue weighted by atomic mass is 32.2. The van der Waals surface area contributed by atoms with Gasteiger partial charge in [-0.05, 0) is 81.3 Å². The molecule has 5 amide bonds. The fourth-order valence-electron chi connectivity index (χ4n) is 5.64. The summed E-state index contributed by atoms with van der Waals surface area (Å²) in [5, 5.41) is 25.9. The van der Waals surface area contributed by atoms with E-state index in [0.29, 0.717) is 25.1 Å². The van der Waals surface area contributed by atoms with E-state index < -0.39 is 59.7 Å². The number of thioether (sulfide) groups is 1. The Kier molecular flexibility index (Phi) is 20.4. The van der Waals surface area contributed by atoms with E-state index in [0.717, 1.165) is 5.56 Å². The average Bonchev–Trinajstić information content (AvgIpc) is 3.03. The van der Waals surface area contributed by atoms with Crippen molar-refractivity contribution in [1.29, 1.82) is 0 Å². The summed E-state index contributed by atoms with van der Waals surface area (Å²) in [6.45, 7) is 20.5. The molecule has 0 bridgehead atoms. The van der Waals surface area contributed by atoms with Gasteiger partial charge in [0.05, 0.1) is 12.1 Å². The van der Waals surface area contributed by atoms with Crippen LogP contribution in [0.3, 0.4) is 0 Å². The molecule has 52 heavy (non-hydrogen) atoms. The van der Waals surface area contributed by atoms with Gasteiger partial charge < -0.3 is 36.4 Å². The summed E-state index contributed by atoms with van der Waals surface area (Å²) in [7, 11) is 0. The van der Waals surface area contributed by atoms with Crippen LogP contribution in [0.25, 0.3) is 0 Å². The Labute approximate surface area is 316 Å². The minimum Gasteiger partial charge on any atom is -0.444 e. The maximum Gasteiger partial charge on any atom is 0.408 e. The van der Waals surface area contributed by atoms with Gasteiger partial charge in [-0.3, -0.25) is 19.2 Å². The molecule has 0 unspecified atom stereocenters. The van der Waals surface area contributed by atoms with Gasteiger partial charge in [-0.25, -0.2) is 4.79 Å². The lowest BCUT2D eigenvalue weighted by Gasteiger charge is -2.32. The Hall–Kier alpha value is -3.32. The van der Waals surface area contributed by atoms with Crippen molar-refractivity contribution in [3.05, 3.63) is 35.9 Å². The third-order valence-corrected chi connectivity index (χ3v) is 9.22. The molecule has 0 aliphatic rings. The van der Waals surface area contributed by atoms with Crippen LogP contribution in [0.4, 0.5) is 4.79 Å². The van der Waals surface area contributed by atoms with Crippen LogP contribution in [0, 0.1) is 29.6 Å². The molecule has 0 saturated heterocycles. The molecule has 0 fully saturated rings. The molecule has 0 aromatic heterocycles. The van der Waals surface area contributed by atoms with E-state index in [1.54, 1.807) is 34.6 Å². The van der Waals surface area contributed by atoms with Crippen LogP contribution in [-0.2, 0) is 30.5 Å². The molecule has 6 N–H and O–H groups in total. The number of hydrogen-bond donors (Lipinski definition) is 6. The quantitative estimate of drug-likeness (QED) is 0.104. The molecule has 0 radical (unpaired) electrons. The molecule has 296 valence electrons. The number of hydrogen-bond acceptors (Lipinski definition) is 8. The van der Waals surface area contributed by atoms with Gasteiger partial charge >= 0.3 is 6.09 Å². The number of alkyl carbamates (subject to hydrolysis) is 1. The first kappa shape index (κ1) is 46.7. The number of carbonyl (C=O) groups is 5. The molecule has 1 aromatic carbocycles. The maximum atomic E-state index is 13.8. The smallest absolute Gasteiger partial charge is 0.408 e. The number of rotatable bonds is 21. The van der Waals surface area contributed by atoms with Gasteiger partial charge in [0.2, 0.25) is 23.6 Å². The molecular formula is C39H67N5O7S.